The first-order valence-electron chi connectivity index (χ1n) is 6.22. The Morgan fingerprint density at radius 2 is 2.00 bits per heavy atom. The van der Waals surface area contributed by atoms with E-state index in [9.17, 15) is 5.11 Å². The lowest BCUT2D eigenvalue weighted by Gasteiger charge is -2.17. The van der Waals surface area contributed by atoms with E-state index in [0.717, 1.165) is 11.3 Å². The van der Waals surface area contributed by atoms with E-state index in [-0.39, 0.29) is 12.6 Å². The van der Waals surface area contributed by atoms with Crippen molar-refractivity contribution in [3.8, 4) is 5.75 Å². The maximum absolute atomic E-state index is 9.79. The number of ether oxygens (including phenoxy) is 2. The van der Waals surface area contributed by atoms with Crippen molar-refractivity contribution in [1.82, 2.24) is 5.32 Å². The molecule has 2 N–H and O–H groups in total. The second-order valence-electron chi connectivity index (χ2n) is 4.49. The summed E-state index contributed by atoms with van der Waals surface area (Å²) >= 11 is 0. The van der Waals surface area contributed by atoms with Crippen LogP contribution in [-0.4, -0.2) is 44.1 Å². The molecule has 2 atom stereocenters. The summed E-state index contributed by atoms with van der Waals surface area (Å²) < 4.78 is 10.6. The molecule has 0 spiro atoms. The topological polar surface area (TPSA) is 50.7 Å². The molecule has 0 fully saturated rings. The summed E-state index contributed by atoms with van der Waals surface area (Å²) in [6.07, 6.45) is -0.524. The lowest BCUT2D eigenvalue weighted by molar-refractivity contribution is 0.0970. The number of nitrogens with one attached hydrogen (secondary N) is 1. The van der Waals surface area contributed by atoms with Gasteiger partial charge in [-0.25, -0.2) is 0 Å². The third kappa shape index (κ3) is 5.49. The van der Waals surface area contributed by atoms with Gasteiger partial charge in [-0.15, -0.1) is 0 Å². The van der Waals surface area contributed by atoms with Crippen LogP contribution in [-0.2, 0) is 4.74 Å². The number of hydrogen-bond acceptors (Lipinski definition) is 4. The standard InChI is InChI=1S/C14H23NO3/c1-11-6-4-5-7-14(11)18-10-13(16)8-15-12(2)9-17-3/h4-7,12-13,15-16H,8-10H2,1-3H3. The zero-order valence-electron chi connectivity index (χ0n) is 11.3. The summed E-state index contributed by atoms with van der Waals surface area (Å²) in [7, 11) is 1.66. The van der Waals surface area contributed by atoms with Crippen LogP contribution in [0.1, 0.15) is 12.5 Å². The van der Waals surface area contributed by atoms with Gasteiger partial charge in [0.25, 0.3) is 0 Å². The molecular formula is C14H23NO3. The summed E-state index contributed by atoms with van der Waals surface area (Å²) in [6.45, 7) is 5.42. The molecule has 0 amide bonds. The number of methoxy groups -OCH3 is 1. The van der Waals surface area contributed by atoms with Crippen LogP contribution in [0.3, 0.4) is 0 Å². The SMILES string of the molecule is COCC(C)NCC(O)COc1ccccc1C. The van der Waals surface area contributed by atoms with E-state index in [1.165, 1.54) is 0 Å². The molecule has 0 aromatic heterocycles. The second kappa shape index (κ2) is 8.08. The molecule has 1 rings (SSSR count). The minimum atomic E-state index is -0.524. The van der Waals surface area contributed by atoms with E-state index < -0.39 is 6.10 Å². The molecule has 1 aromatic carbocycles. The molecule has 0 aliphatic rings. The van der Waals surface area contributed by atoms with Gasteiger partial charge in [-0.1, -0.05) is 18.2 Å². The van der Waals surface area contributed by atoms with Gasteiger partial charge in [-0.3, -0.25) is 0 Å². The lowest BCUT2D eigenvalue weighted by Crippen LogP contribution is -2.38. The number of para-hydroxylation sites is 1. The van der Waals surface area contributed by atoms with Crippen LogP contribution in [0.5, 0.6) is 5.75 Å². The average molecular weight is 253 g/mol. The van der Waals surface area contributed by atoms with Crippen molar-refractivity contribution >= 4 is 0 Å². The predicted molar refractivity (Wildman–Crippen MR) is 72.0 cm³/mol. The van der Waals surface area contributed by atoms with E-state index in [1.807, 2.05) is 38.1 Å². The van der Waals surface area contributed by atoms with E-state index in [1.54, 1.807) is 7.11 Å². The minimum absolute atomic E-state index is 0.225. The largest absolute Gasteiger partial charge is 0.491 e. The zero-order chi connectivity index (χ0) is 13.4. The second-order valence-corrected chi connectivity index (χ2v) is 4.49. The molecule has 2 unspecified atom stereocenters. The Labute approximate surface area is 109 Å². The molecule has 0 saturated heterocycles. The highest BCUT2D eigenvalue weighted by molar-refractivity contribution is 5.31. The molecule has 4 nitrogen and oxygen atoms in total. The summed E-state index contributed by atoms with van der Waals surface area (Å²) in [5, 5.41) is 13.0. The van der Waals surface area contributed by atoms with Crippen LogP contribution in [0, 0.1) is 6.92 Å². The number of aryl methyl sites for hydroxylation is 1. The molecule has 4 heteroatoms. The third-order valence-corrected chi connectivity index (χ3v) is 2.64. The van der Waals surface area contributed by atoms with Gasteiger partial charge < -0.3 is 19.9 Å². The van der Waals surface area contributed by atoms with Crippen molar-refractivity contribution in [2.45, 2.75) is 26.0 Å². The number of aliphatic hydroxyl groups excluding tert-OH is 1. The summed E-state index contributed by atoms with van der Waals surface area (Å²) in [5.74, 6) is 0.821. The predicted octanol–water partition coefficient (Wildman–Crippen LogP) is 1.36. The Morgan fingerprint density at radius 1 is 1.28 bits per heavy atom. The molecule has 0 heterocycles. The van der Waals surface area contributed by atoms with E-state index in [0.29, 0.717) is 13.2 Å². The fourth-order valence-corrected chi connectivity index (χ4v) is 1.61. The average Bonchev–Trinajstić information content (AvgIpc) is 2.36. The van der Waals surface area contributed by atoms with Gasteiger partial charge >= 0.3 is 0 Å². The summed E-state index contributed by atoms with van der Waals surface area (Å²) in [4.78, 5) is 0. The number of aliphatic hydroxyl groups is 1. The van der Waals surface area contributed by atoms with Crippen LogP contribution >= 0.6 is 0 Å². The van der Waals surface area contributed by atoms with Gasteiger partial charge in [-0.05, 0) is 25.5 Å². The fraction of sp³-hybridized carbons (Fsp3) is 0.571. The van der Waals surface area contributed by atoms with Crippen molar-refractivity contribution in [2.75, 3.05) is 26.9 Å². The highest BCUT2D eigenvalue weighted by atomic mass is 16.5. The lowest BCUT2D eigenvalue weighted by atomic mass is 10.2. The van der Waals surface area contributed by atoms with E-state index in [4.69, 9.17) is 9.47 Å². The smallest absolute Gasteiger partial charge is 0.122 e. The zero-order valence-corrected chi connectivity index (χ0v) is 11.3. The first-order chi connectivity index (χ1) is 8.63. The summed E-state index contributed by atoms with van der Waals surface area (Å²) in [5.41, 5.74) is 1.07. The van der Waals surface area contributed by atoms with E-state index in [2.05, 4.69) is 5.32 Å². The molecule has 0 aliphatic heterocycles. The van der Waals surface area contributed by atoms with Crippen molar-refractivity contribution in [3.63, 3.8) is 0 Å². The van der Waals surface area contributed by atoms with Gasteiger partial charge in [0.05, 0.1) is 6.61 Å². The van der Waals surface area contributed by atoms with Crippen LogP contribution < -0.4 is 10.1 Å². The molecule has 0 bridgehead atoms. The maximum atomic E-state index is 9.79. The molecule has 0 aliphatic carbocycles. The Balaban J connectivity index is 2.25. The van der Waals surface area contributed by atoms with Gasteiger partial charge in [0.1, 0.15) is 18.5 Å². The normalized spacial score (nSPS) is 14.2. The quantitative estimate of drug-likeness (QED) is 0.734. The Kier molecular flexibility index (Phi) is 6.72. The molecule has 18 heavy (non-hydrogen) atoms. The van der Waals surface area contributed by atoms with Crippen LogP contribution in [0.15, 0.2) is 24.3 Å². The van der Waals surface area contributed by atoms with Crippen molar-refractivity contribution < 1.29 is 14.6 Å². The highest BCUT2D eigenvalue weighted by Crippen LogP contribution is 2.16. The van der Waals surface area contributed by atoms with Crippen LogP contribution in [0.2, 0.25) is 0 Å². The van der Waals surface area contributed by atoms with Crippen LogP contribution in [0.4, 0.5) is 0 Å². The Morgan fingerprint density at radius 3 is 2.67 bits per heavy atom. The number of rotatable bonds is 8. The fourth-order valence-electron chi connectivity index (χ4n) is 1.61. The first-order valence-corrected chi connectivity index (χ1v) is 6.22. The van der Waals surface area contributed by atoms with Crippen molar-refractivity contribution in [3.05, 3.63) is 29.8 Å². The van der Waals surface area contributed by atoms with Crippen molar-refractivity contribution in [2.24, 2.45) is 0 Å². The van der Waals surface area contributed by atoms with Crippen molar-refractivity contribution in [1.29, 1.82) is 0 Å². The monoisotopic (exact) mass is 253 g/mol. The maximum Gasteiger partial charge on any atom is 0.122 e. The number of hydrogen-bond donors (Lipinski definition) is 2. The van der Waals surface area contributed by atoms with Gasteiger partial charge in [-0.2, -0.15) is 0 Å². The third-order valence-electron chi connectivity index (χ3n) is 2.64. The van der Waals surface area contributed by atoms with Gasteiger partial charge in [0.15, 0.2) is 0 Å². The highest BCUT2D eigenvalue weighted by Gasteiger charge is 2.08. The van der Waals surface area contributed by atoms with Gasteiger partial charge in [0.2, 0.25) is 0 Å². The molecular weight excluding hydrogens is 230 g/mol. The molecule has 0 radical (unpaired) electrons. The Hall–Kier alpha value is -1.10. The van der Waals surface area contributed by atoms with Crippen LogP contribution in [0.25, 0.3) is 0 Å². The Bertz CT molecular complexity index is 344. The summed E-state index contributed by atoms with van der Waals surface area (Å²) in [6, 6.07) is 8.01. The molecule has 102 valence electrons. The number of benzene rings is 1. The minimum Gasteiger partial charge on any atom is -0.491 e. The first kappa shape index (κ1) is 15.0. The van der Waals surface area contributed by atoms with E-state index >= 15 is 0 Å². The molecule has 0 saturated carbocycles. The van der Waals surface area contributed by atoms with Gasteiger partial charge in [0, 0.05) is 19.7 Å². The molecule has 1 aromatic rings.